The van der Waals surface area contributed by atoms with Gasteiger partial charge in [-0.15, -0.1) is 5.10 Å². The summed E-state index contributed by atoms with van der Waals surface area (Å²) in [4.78, 5) is 18.6. The number of halogens is 2. The van der Waals surface area contributed by atoms with Crippen LogP contribution in [0.15, 0.2) is 41.3 Å². The number of nitrogens with zero attached hydrogens (tertiary/aromatic N) is 4. The number of sulfonamides is 1. The highest BCUT2D eigenvalue weighted by molar-refractivity contribution is 7.89. The van der Waals surface area contributed by atoms with Crippen molar-refractivity contribution in [1.82, 2.24) is 19.3 Å². The van der Waals surface area contributed by atoms with E-state index in [2.05, 4.69) is 25.0 Å². The molecule has 3 heterocycles. The standard InChI is InChI=1S/C21H22Cl2N6O3S/c22-15-3-1-4-16(19(15)23)33(31,32)27-14-9-11-28(12-10-14)18-6-2-5-17-24-21(26-29(17)18)25-20(30)13-7-8-13/h1-6,13-14,27H,7-12H2,(H,25,26,30). The quantitative estimate of drug-likeness (QED) is 0.528. The van der Waals surface area contributed by atoms with E-state index < -0.39 is 10.0 Å². The molecule has 0 spiro atoms. The SMILES string of the molecule is O=C(Nc1nc2cccc(N3CCC(NS(=O)(=O)c4cccc(Cl)c4Cl)CC3)n2n1)C1CC1. The first-order valence-corrected chi connectivity index (χ1v) is 12.9. The molecule has 1 aromatic carbocycles. The molecule has 1 saturated heterocycles. The van der Waals surface area contributed by atoms with Gasteiger partial charge in [0.15, 0.2) is 5.65 Å². The highest BCUT2D eigenvalue weighted by Crippen LogP contribution is 2.31. The van der Waals surface area contributed by atoms with Gasteiger partial charge in [-0.1, -0.05) is 35.3 Å². The molecule has 0 bridgehead atoms. The van der Waals surface area contributed by atoms with E-state index in [-0.39, 0.29) is 32.8 Å². The van der Waals surface area contributed by atoms with E-state index in [0.717, 1.165) is 18.7 Å². The highest BCUT2D eigenvalue weighted by atomic mass is 35.5. The Morgan fingerprint density at radius 1 is 1.03 bits per heavy atom. The van der Waals surface area contributed by atoms with Crippen LogP contribution in [0.1, 0.15) is 25.7 Å². The van der Waals surface area contributed by atoms with Gasteiger partial charge in [-0.05, 0) is 49.9 Å². The number of carbonyl (C=O) groups excluding carboxylic acids is 1. The van der Waals surface area contributed by atoms with Gasteiger partial charge >= 0.3 is 0 Å². The number of amides is 1. The van der Waals surface area contributed by atoms with E-state index in [9.17, 15) is 13.2 Å². The largest absolute Gasteiger partial charge is 0.356 e. The Kier molecular flexibility index (Phi) is 5.94. The third kappa shape index (κ3) is 4.65. The van der Waals surface area contributed by atoms with Crippen LogP contribution in [0.25, 0.3) is 5.65 Å². The first-order valence-electron chi connectivity index (χ1n) is 10.7. The lowest BCUT2D eigenvalue weighted by atomic mass is 10.1. The van der Waals surface area contributed by atoms with Crippen molar-refractivity contribution in [3.05, 3.63) is 46.4 Å². The molecule has 1 amide bonds. The van der Waals surface area contributed by atoms with Crippen LogP contribution in [0.3, 0.4) is 0 Å². The summed E-state index contributed by atoms with van der Waals surface area (Å²) in [5.41, 5.74) is 0.636. The van der Waals surface area contributed by atoms with Crippen molar-refractivity contribution in [2.45, 2.75) is 36.6 Å². The second-order valence-electron chi connectivity index (χ2n) is 8.29. The van der Waals surface area contributed by atoms with Crippen LogP contribution < -0.4 is 14.9 Å². The Morgan fingerprint density at radius 2 is 1.76 bits per heavy atom. The first-order chi connectivity index (χ1) is 15.8. The molecule has 2 fully saturated rings. The Morgan fingerprint density at radius 3 is 2.48 bits per heavy atom. The molecular weight excluding hydrogens is 487 g/mol. The molecule has 2 aromatic heterocycles. The third-order valence-electron chi connectivity index (χ3n) is 5.87. The predicted molar refractivity (Wildman–Crippen MR) is 126 cm³/mol. The average Bonchev–Trinajstić information content (AvgIpc) is 3.56. The number of aromatic nitrogens is 3. The minimum Gasteiger partial charge on any atom is -0.356 e. The minimum atomic E-state index is -3.79. The number of anilines is 2. The maximum Gasteiger partial charge on any atom is 0.249 e. The van der Waals surface area contributed by atoms with Gasteiger partial charge in [0.1, 0.15) is 10.7 Å². The fraction of sp³-hybridized carbons (Fsp3) is 0.381. The van der Waals surface area contributed by atoms with E-state index in [1.807, 2.05) is 18.2 Å². The molecule has 1 saturated carbocycles. The molecule has 3 aromatic rings. The molecule has 2 aliphatic rings. The van der Waals surface area contributed by atoms with Crippen LogP contribution in [0.4, 0.5) is 11.8 Å². The maximum absolute atomic E-state index is 12.8. The fourth-order valence-electron chi connectivity index (χ4n) is 3.94. The molecule has 5 rings (SSSR count). The van der Waals surface area contributed by atoms with Crippen LogP contribution in [0.2, 0.25) is 10.0 Å². The van der Waals surface area contributed by atoms with E-state index >= 15 is 0 Å². The number of hydrogen-bond donors (Lipinski definition) is 2. The van der Waals surface area contributed by atoms with E-state index in [1.165, 1.54) is 6.07 Å². The molecule has 174 valence electrons. The molecule has 1 aliphatic heterocycles. The summed E-state index contributed by atoms with van der Waals surface area (Å²) in [6.45, 7) is 1.25. The monoisotopic (exact) mass is 508 g/mol. The number of carbonyl (C=O) groups is 1. The van der Waals surface area contributed by atoms with Gasteiger partial charge in [-0.3, -0.25) is 10.1 Å². The molecule has 12 heteroatoms. The lowest BCUT2D eigenvalue weighted by Gasteiger charge is -2.33. The van der Waals surface area contributed by atoms with Crippen LogP contribution in [0.5, 0.6) is 0 Å². The normalized spacial score (nSPS) is 17.5. The zero-order valence-corrected chi connectivity index (χ0v) is 19.9. The number of rotatable bonds is 6. The number of pyridine rings is 1. The van der Waals surface area contributed by atoms with E-state index in [4.69, 9.17) is 23.2 Å². The number of nitrogens with one attached hydrogen (secondary N) is 2. The highest BCUT2D eigenvalue weighted by Gasteiger charge is 2.31. The second-order valence-corrected chi connectivity index (χ2v) is 10.8. The summed E-state index contributed by atoms with van der Waals surface area (Å²) in [5, 5.41) is 7.47. The number of fused-ring (bicyclic) bond motifs is 1. The Labute approximate surface area is 201 Å². The summed E-state index contributed by atoms with van der Waals surface area (Å²) < 4.78 is 30.1. The number of piperidine rings is 1. The lowest BCUT2D eigenvalue weighted by Crippen LogP contribution is -2.45. The van der Waals surface area contributed by atoms with E-state index in [0.29, 0.717) is 37.5 Å². The molecule has 0 radical (unpaired) electrons. The van der Waals surface area contributed by atoms with Crippen molar-refractivity contribution >= 4 is 56.5 Å². The van der Waals surface area contributed by atoms with Gasteiger partial charge in [-0.2, -0.15) is 9.50 Å². The summed E-state index contributed by atoms with van der Waals surface area (Å²) in [5.74, 6) is 1.16. The van der Waals surface area contributed by atoms with Gasteiger partial charge in [0.25, 0.3) is 0 Å². The fourth-order valence-corrected chi connectivity index (χ4v) is 6.01. The Balaban J connectivity index is 1.27. The maximum atomic E-state index is 12.8. The van der Waals surface area contributed by atoms with Gasteiger partial charge in [0.05, 0.1) is 10.0 Å². The zero-order chi connectivity index (χ0) is 23.2. The van der Waals surface area contributed by atoms with Crippen LogP contribution in [-0.2, 0) is 14.8 Å². The summed E-state index contributed by atoms with van der Waals surface area (Å²) in [7, 11) is -3.79. The molecule has 33 heavy (non-hydrogen) atoms. The summed E-state index contributed by atoms with van der Waals surface area (Å²) in [6, 6.07) is 9.98. The Hall–Kier alpha value is -2.40. The summed E-state index contributed by atoms with van der Waals surface area (Å²) >= 11 is 12.1. The van der Waals surface area contributed by atoms with E-state index in [1.54, 1.807) is 16.6 Å². The summed E-state index contributed by atoms with van der Waals surface area (Å²) in [6.07, 6.45) is 3.03. The van der Waals surface area contributed by atoms with Crippen molar-refractivity contribution in [3.63, 3.8) is 0 Å². The van der Waals surface area contributed by atoms with Gasteiger partial charge < -0.3 is 4.90 Å². The average molecular weight is 509 g/mol. The Bertz CT molecular complexity index is 1320. The number of hydrogen-bond acceptors (Lipinski definition) is 6. The van der Waals surface area contributed by atoms with Crippen molar-refractivity contribution in [3.8, 4) is 0 Å². The topological polar surface area (TPSA) is 109 Å². The molecule has 1 aliphatic carbocycles. The first kappa shape index (κ1) is 22.4. The molecule has 0 unspecified atom stereocenters. The van der Waals surface area contributed by atoms with Crippen LogP contribution in [-0.4, -0.2) is 48.1 Å². The van der Waals surface area contributed by atoms with Crippen molar-refractivity contribution in [2.24, 2.45) is 5.92 Å². The van der Waals surface area contributed by atoms with Gasteiger partial charge in [0.2, 0.25) is 21.9 Å². The van der Waals surface area contributed by atoms with Gasteiger partial charge in [-0.25, -0.2) is 13.1 Å². The molecular formula is C21H22Cl2N6O3S. The molecule has 9 nitrogen and oxygen atoms in total. The minimum absolute atomic E-state index is 0.0199. The smallest absolute Gasteiger partial charge is 0.249 e. The second kappa shape index (κ2) is 8.75. The molecule has 0 atom stereocenters. The van der Waals surface area contributed by atoms with Gasteiger partial charge in [0, 0.05) is 25.0 Å². The van der Waals surface area contributed by atoms with Crippen molar-refractivity contribution in [1.29, 1.82) is 0 Å². The van der Waals surface area contributed by atoms with Crippen LogP contribution in [0, 0.1) is 5.92 Å². The van der Waals surface area contributed by atoms with Crippen molar-refractivity contribution < 1.29 is 13.2 Å². The zero-order valence-electron chi connectivity index (χ0n) is 17.5. The third-order valence-corrected chi connectivity index (χ3v) is 8.36. The molecule has 2 N–H and O–H groups in total. The lowest BCUT2D eigenvalue weighted by molar-refractivity contribution is -0.117. The van der Waals surface area contributed by atoms with Crippen LogP contribution >= 0.6 is 23.2 Å². The number of benzene rings is 1. The predicted octanol–water partition coefficient (Wildman–Crippen LogP) is 3.33. The van der Waals surface area contributed by atoms with Crippen molar-refractivity contribution in [2.75, 3.05) is 23.3 Å².